The number of hydrogen-bond acceptors (Lipinski definition) is 5. The third-order valence-corrected chi connectivity index (χ3v) is 3.74. The SMILES string of the molecule is [N-]=[N+]=NCc1ccc(-c2cc(N)cc(C(=O)NC(CO)CN=[N+]=[N-])c2)cc1. The Morgan fingerprint density at radius 2 is 1.81 bits per heavy atom. The Kier molecular flexibility index (Phi) is 7.04. The largest absolute Gasteiger partial charge is 0.399 e. The maximum Gasteiger partial charge on any atom is 0.251 e. The van der Waals surface area contributed by atoms with Crippen molar-refractivity contribution < 1.29 is 9.90 Å². The number of carbonyl (C=O) groups is 1. The molecular formula is C17H18N8O2. The van der Waals surface area contributed by atoms with E-state index in [4.69, 9.17) is 16.8 Å². The molecule has 138 valence electrons. The molecule has 27 heavy (non-hydrogen) atoms. The van der Waals surface area contributed by atoms with Crippen molar-refractivity contribution in [2.24, 2.45) is 10.2 Å². The van der Waals surface area contributed by atoms with Gasteiger partial charge in [0.05, 0.1) is 19.2 Å². The highest BCUT2D eigenvalue weighted by atomic mass is 16.3. The first-order valence-electron chi connectivity index (χ1n) is 8.00. The Bertz CT molecular complexity index is 900. The Morgan fingerprint density at radius 1 is 1.11 bits per heavy atom. The standard InChI is InChI=1S/C17H18N8O2/c18-15-6-13(12-3-1-11(2-4-12)8-21-24-19)5-14(7-15)17(27)23-16(10-26)9-22-25-20/h1-7,16,26H,8-10,18H2,(H,23,27). The number of carbonyl (C=O) groups excluding carboxylic acids is 1. The molecule has 0 aliphatic heterocycles. The van der Waals surface area contributed by atoms with Gasteiger partial charge in [-0.05, 0) is 46.0 Å². The molecule has 0 aromatic heterocycles. The van der Waals surface area contributed by atoms with Gasteiger partial charge in [-0.2, -0.15) is 0 Å². The van der Waals surface area contributed by atoms with Crippen molar-refractivity contribution in [3.05, 3.63) is 74.5 Å². The van der Waals surface area contributed by atoms with Gasteiger partial charge in [0.1, 0.15) is 0 Å². The van der Waals surface area contributed by atoms with Crippen LogP contribution in [0.4, 0.5) is 5.69 Å². The highest BCUT2D eigenvalue weighted by Gasteiger charge is 2.14. The molecule has 0 fully saturated rings. The fourth-order valence-corrected chi connectivity index (χ4v) is 2.42. The van der Waals surface area contributed by atoms with E-state index in [0.717, 1.165) is 16.7 Å². The van der Waals surface area contributed by atoms with Crippen molar-refractivity contribution in [3.8, 4) is 11.1 Å². The summed E-state index contributed by atoms with van der Waals surface area (Å²) in [5.41, 5.74) is 25.8. The van der Waals surface area contributed by atoms with Gasteiger partial charge in [0.15, 0.2) is 0 Å². The van der Waals surface area contributed by atoms with Gasteiger partial charge in [-0.25, -0.2) is 0 Å². The van der Waals surface area contributed by atoms with E-state index in [1.54, 1.807) is 12.1 Å². The molecule has 0 heterocycles. The van der Waals surface area contributed by atoms with Gasteiger partial charge in [0.2, 0.25) is 0 Å². The number of nitrogens with zero attached hydrogens (tertiary/aromatic N) is 6. The van der Waals surface area contributed by atoms with E-state index in [9.17, 15) is 9.90 Å². The summed E-state index contributed by atoms with van der Waals surface area (Å²) in [6, 6.07) is 11.6. The van der Waals surface area contributed by atoms with Crippen LogP contribution in [0.5, 0.6) is 0 Å². The second-order valence-corrected chi connectivity index (χ2v) is 5.70. The van der Waals surface area contributed by atoms with Crippen LogP contribution in [-0.2, 0) is 6.54 Å². The van der Waals surface area contributed by atoms with Crippen LogP contribution in [0.1, 0.15) is 15.9 Å². The van der Waals surface area contributed by atoms with Gasteiger partial charge >= 0.3 is 0 Å². The average Bonchev–Trinajstić information content (AvgIpc) is 2.69. The van der Waals surface area contributed by atoms with Crippen LogP contribution in [0, 0.1) is 0 Å². The van der Waals surface area contributed by atoms with Crippen molar-refractivity contribution in [3.63, 3.8) is 0 Å². The molecule has 0 spiro atoms. The molecule has 10 nitrogen and oxygen atoms in total. The topological polar surface area (TPSA) is 173 Å². The molecule has 2 rings (SSSR count). The lowest BCUT2D eigenvalue weighted by molar-refractivity contribution is 0.0919. The van der Waals surface area contributed by atoms with Crippen LogP contribution in [0.25, 0.3) is 32.0 Å². The van der Waals surface area contributed by atoms with Crippen molar-refractivity contribution in [2.75, 3.05) is 18.9 Å². The minimum absolute atomic E-state index is 0.0550. The molecule has 0 bridgehead atoms. The monoisotopic (exact) mass is 366 g/mol. The van der Waals surface area contributed by atoms with Crippen LogP contribution < -0.4 is 11.1 Å². The first kappa shape index (κ1) is 19.6. The Labute approximate surface area is 154 Å². The molecule has 10 heteroatoms. The molecule has 1 atom stereocenters. The van der Waals surface area contributed by atoms with Gasteiger partial charge in [-0.1, -0.05) is 34.5 Å². The summed E-state index contributed by atoms with van der Waals surface area (Å²) < 4.78 is 0. The molecule has 0 aliphatic rings. The number of hydrogen-bond donors (Lipinski definition) is 3. The first-order valence-corrected chi connectivity index (χ1v) is 8.00. The summed E-state index contributed by atoms with van der Waals surface area (Å²) >= 11 is 0. The van der Waals surface area contributed by atoms with Crippen molar-refractivity contribution >= 4 is 11.6 Å². The third kappa shape index (κ3) is 5.65. The number of azide groups is 2. The van der Waals surface area contributed by atoms with Crippen LogP contribution in [0.15, 0.2) is 52.7 Å². The zero-order chi connectivity index (χ0) is 19.6. The molecule has 4 N–H and O–H groups in total. The molecule has 0 saturated carbocycles. The number of benzene rings is 2. The van der Waals surface area contributed by atoms with E-state index in [-0.39, 0.29) is 19.7 Å². The van der Waals surface area contributed by atoms with Crippen LogP contribution in [-0.4, -0.2) is 30.2 Å². The highest BCUT2D eigenvalue weighted by molar-refractivity contribution is 5.96. The van der Waals surface area contributed by atoms with Crippen molar-refractivity contribution in [1.29, 1.82) is 0 Å². The maximum atomic E-state index is 12.4. The minimum atomic E-state index is -0.682. The number of aliphatic hydroxyl groups is 1. The number of rotatable bonds is 8. The predicted octanol–water partition coefficient (Wildman–Crippen LogP) is 3.15. The Hall–Kier alpha value is -3.71. The van der Waals surface area contributed by atoms with Crippen LogP contribution in [0.2, 0.25) is 0 Å². The van der Waals surface area contributed by atoms with Gasteiger partial charge in [0, 0.05) is 27.6 Å². The number of nitrogen functional groups attached to an aromatic ring is 1. The van der Waals surface area contributed by atoms with E-state index in [1.807, 2.05) is 24.3 Å². The second kappa shape index (κ2) is 9.69. The summed E-state index contributed by atoms with van der Waals surface area (Å²) in [5.74, 6) is -0.435. The number of aliphatic hydroxyl groups excluding tert-OH is 1. The number of nitrogens with one attached hydrogen (secondary N) is 1. The molecule has 0 saturated heterocycles. The average molecular weight is 366 g/mol. The molecule has 1 unspecified atom stereocenters. The molecule has 0 aliphatic carbocycles. The summed E-state index contributed by atoms with van der Waals surface area (Å²) in [7, 11) is 0. The Balaban J connectivity index is 2.23. The molecule has 2 aromatic carbocycles. The van der Waals surface area contributed by atoms with Crippen molar-refractivity contribution in [1.82, 2.24) is 5.32 Å². The highest BCUT2D eigenvalue weighted by Crippen LogP contribution is 2.24. The smallest absolute Gasteiger partial charge is 0.251 e. The van der Waals surface area contributed by atoms with E-state index in [0.29, 0.717) is 11.3 Å². The zero-order valence-corrected chi connectivity index (χ0v) is 14.4. The van der Waals surface area contributed by atoms with E-state index in [1.165, 1.54) is 6.07 Å². The van der Waals surface area contributed by atoms with Crippen molar-refractivity contribution in [2.45, 2.75) is 12.6 Å². The van der Waals surface area contributed by atoms with Gasteiger partial charge in [0.25, 0.3) is 5.91 Å². The summed E-state index contributed by atoms with van der Waals surface area (Å²) in [6.07, 6.45) is 0. The lowest BCUT2D eigenvalue weighted by atomic mass is 10.0. The summed E-state index contributed by atoms with van der Waals surface area (Å²) in [5, 5.41) is 18.7. The normalized spacial score (nSPS) is 11.0. The Morgan fingerprint density at radius 3 is 2.44 bits per heavy atom. The van der Waals surface area contributed by atoms with Gasteiger partial charge < -0.3 is 16.2 Å². The van der Waals surface area contributed by atoms with E-state index < -0.39 is 11.9 Å². The van der Waals surface area contributed by atoms with Gasteiger partial charge in [-0.15, -0.1) is 0 Å². The first-order chi connectivity index (χ1) is 13.1. The molecule has 2 aromatic rings. The summed E-state index contributed by atoms with van der Waals surface area (Å²) in [4.78, 5) is 17.8. The molecular weight excluding hydrogens is 348 g/mol. The maximum absolute atomic E-state index is 12.4. The fourth-order valence-electron chi connectivity index (χ4n) is 2.42. The number of anilines is 1. The zero-order valence-electron chi connectivity index (χ0n) is 14.4. The number of nitrogens with two attached hydrogens (primary N) is 1. The summed E-state index contributed by atoms with van der Waals surface area (Å²) in [6.45, 7) is -0.151. The lowest BCUT2D eigenvalue weighted by Crippen LogP contribution is -2.39. The van der Waals surface area contributed by atoms with E-state index >= 15 is 0 Å². The second-order valence-electron chi connectivity index (χ2n) is 5.70. The van der Waals surface area contributed by atoms with E-state index in [2.05, 4.69) is 25.4 Å². The number of amides is 1. The molecule has 1 amide bonds. The quantitative estimate of drug-likeness (QED) is 0.282. The molecule has 0 radical (unpaired) electrons. The van der Waals surface area contributed by atoms with Crippen LogP contribution in [0.3, 0.4) is 0 Å². The van der Waals surface area contributed by atoms with Crippen LogP contribution >= 0.6 is 0 Å². The third-order valence-electron chi connectivity index (χ3n) is 3.74. The lowest BCUT2D eigenvalue weighted by Gasteiger charge is -2.15. The predicted molar refractivity (Wildman–Crippen MR) is 101 cm³/mol. The minimum Gasteiger partial charge on any atom is -0.399 e. The van der Waals surface area contributed by atoms with Gasteiger partial charge in [-0.3, -0.25) is 4.79 Å². The fraction of sp³-hybridized carbons (Fsp3) is 0.235.